The van der Waals surface area contributed by atoms with Gasteiger partial charge in [-0.1, -0.05) is 31.4 Å². The van der Waals surface area contributed by atoms with Gasteiger partial charge in [-0.25, -0.2) is 4.98 Å². The van der Waals surface area contributed by atoms with E-state index >= 15 is 0 Å². The molecule has 1 aromatic carbocycles. The first kappa shape index (κ1) is 23.3. The van der Waals surface area contributed by atoms with E-state index in [2.05, 4.69) is 29.6 Å². The molecule has 0 fully saturated rings. The largest absolute Gasteiger partial charge is 0.491 e. The molecule has 0 aliphatic heterocycles. The summed E-state index contributed by atoms with van der Waals surface area (Å²) in [4.78, 5) is 17.8. The number of nitrogens with zero attached hydrogens (tertiary/aromatic N) is 2. The minimum atomic E-state index is -0.0436. The number of anilines is 1. The van der Waals surface area contributed by atoms with E-state index < -0.39 is 0 Å². The van der Waals surface area contributed by atoms with Crippen LogP contribution in [-0.4, -0.2) is 49.1 Å². The Kier molecular flexibility index (Phi) is 8.80. The van der Waals surface area contributed by atoms with Crippen molar-refractivity contribution < 1.29 is 14.3 Å². The third-order valence-corrected chi connectivity index (χ3v) is 5.39. The number of pyridine rings is 1. The topological polar surface area (TPSA) is 63.7 Å². The Morgan fingerprint density at radius 2 is 2.13 bits per heavy atom. The van der Waals surface area contributed by atoms with Gasteiger partial charge in [0.2, 0.25) is 6.41 Å². The average molecular weight is 428 g/mol. The van der Waals surface area contributed by atoms with Crippen LogP contribution in [-0.2, 0) is 4.79 Å². The summed E-state index contributed by atoms with van der Waals surface area (Å²) in [5.41, 5.74) is 4.06. The molecule has 0 saturated heterocycles. The van der Waals surface area contributed by atoms with Gasteiger partial charge in [-0.15, -0.1) is 0 Å². The first-order chi connectivity index (χ1) is 14.5. The number of thioether (sulfide) groups is 1. The van der Waals surface area contributed by atoms with Crippen molar-refractivity contribution in [2.24, 2.45) is 0 Å². The molecule has 0 spiro atoms. The number of hydrogen-bond acceptors (Lipinski definition) is 6. The molecule has 1 N–H and O–H groups in total. The van der Waals surface area contributed by atoms with Crippen LogP contribution in [0.25, 0.3) is 11.8 Å². The summed E-state index contributed by atoms with van der Waals surface area (Å²) in [5, 5.41) is 2.72. The first-order valence-corrected chi connectivity index (χ1v) is 11.0. The van der Waals surface area contributed by atoms with Crippen molar-refractivity contribution in [1.29, 1.82) is 0 Å². The van der Waals surface area contributed by atoms with Gasteiger partial charge in [0.25, 0.3) is 5.88 Å². The number of hydrogen-bond donors (Lipinski definition) is 1. The van der Waals surface area contributed by atoms with E-state index in [1.54, 1.807) is 24.9 Å². The molecule has 2 rings (SSSR count). The highest BCUT2D eigenvalue weighted by Gasteiger charge is 2.23. The fraction of sp³-hybridized carbons (Fsp3) is 0.304. The maximum Gasteiger partial charge on any atom is 0.257 e. The first-order valence-electron chi connectivity index (χ1n) is 9.56. The molecule has 160 valence electrons. The van der Waals surface area contributed by atoms with Crippen LogP contribution >= 0.6 is 11.8 Å². The number of methoxy groups -OCH3 is 1. The molecule has 7 heteroatoms. The Morgan fingerprint density at radius 1 is 1.37 bits per heavy atom. The van der Waals surface area contributed by atoms with Crippen LogP contribution in [0.15, 0.2) is 43.5 Å². The monoisotopic (exact) mass is 427 g/mol. The molecule has 1 unspecified atom stereocenters. The van der Waals surface area contributed by atoms with Gasteiger partial charge in [0.1, 0.15) is 0 Å². The highest BCUT2D eigenvalue weighted by atomic mass is 32.2. The minimum absolute atomic E-state index is 0.0436. The fourth-order valence-electron chi connectivity index (χ4n) is 3.18. The van der Waals surface area contributed by atoms with E-state index in [1.165, 1.54) is 0 Å². The van der Waals surface area contributed by atoms with E-state index in [0.29, 0.717) is 30.3 Å². The molecule has 2 aromatic rings. The number of amides is 1. The Bertz CT molecular complexity index is 901. The number of ether oxygens (including phenoxy) is 2. The zero-order chi connectivity index (χ0) is 22.1. The van der Waals surface area contributed by atoms with Crippen LogP contribution in [0.3, 0.4) is 0 Å². The number of nitrogens with one attached hydrogen (secondary N) is 1. The highest BCUT2D eigenvalue weighted by molar-refractivity contribution is 7.98. The molecule has 1 heterocycles. The Hall–Kier alpha value is -2.93. The van der Waals surface area contributed by atoms with Gasteiger partial charge in [-0.2, -0.15) is 11.8 Å². The predicted molar refractivity (Wildman–Crippen MR) is 126 cm³/mol. The van der Waals surface area contributed by atoms with Crippen molar-refractivity contribution in [3.8, 4) is 11.6 Å². The van der Waals surface area contributed by atoms with E-state index in [0.717, 1.165) is 28.3 Å². The minimum Gasteiger partial charge on any atom is -0.491 e. The van der Waals surface area contributed by atoms with Gasteiger partial charge >= 0.3 is 0 Å². The molecule has 0 saturated carbocycles. The standard InChI is InChI=1S/C23H29N3O3S/c1-7-17-18(10-9-11-19(17)24-15-27)16(3)26(4)21(14-30-6)20-12-13-22(28-5)23(25-20)29-8-2/h7,9-13,15,21H,1,3,8,14H2,2,4-6H3,(H,24,27). The van der Waals surface area contributed by atoms with Crippen molar-refractivity contribution in [2.45, 2.75) is 13.0 Å². The van der Waals surface area contributed by atoms with Gasteiger partial charge in [-0.05, 0) is 31.4 Å². The lowest BCUT2D eigenvalue weighted by Gasteiger charge is -2.32. The van der Waals surface area contributed by atoms with Crippen LogP contribution in [0.4, 0.5) is 5.69 Å². The Labute approximate surface area is 183 Å². The van der Waals surface area contributed by atoms with Crippen LogP contribution < -0.4 is 14.8 Å². The average Bonchev–Trinajstić information content (AvgIpc) is 2.76. The van der Waals surface area contributed by atoms with Gasteiger partial charge in [-0.3, -0.25) is 4.79 Å². The second kappa shape index (κ2) is 11.3. The quantitative estimate of drug-likeness (QED) is 0.495. The van der Waals surface area contributed by atoms with Crippen molar-refractivity contribution in [1.82, 2.24) is 9.88 Å². The Balaban J connectivity index is 2.45. The molecule has 0 aliphatic carbocycles. The predicted octanol–water partition coefficient (Wildman–Crippen LogP) is 4.71. The number of carbonyl (C=O) groups is 1. The van der Waals surface area contributed by atoms with Crippen LogP contribution in [0.1, 0.15) is 29.8 Å². The van der Waals surface area contributed by atoms with Gasteiger partial charge in [0, 0.05) is 35.3 Å². The van der Waals surface area contributed by atoms with Gasteiger partial charge < -0.3 is 19.7 Å². The lowest BCUT2D eigenvalue weighted by molar-refractivity contribution is -0.105. The van der Waals surface area contributed by atoms with E-state index in [-0.39, 0.29) is 6.04 Å². The zero-order valence-corrected chi connectivity index (χ0v) is 18.8. The number of aromatic nitrogens is 1. The maximum absolute atomic E-state index is 11.0. The highest BCUT2D eigenvalue weighted by Crippen LogP contribution is 2.35. The summed E-state index contributed by atoms with van der Waals surface area (Å²) in [6.45, 7) is 10.6. The lowest BCUT2D eigenvalue weighted by Crippen LogP contribution is -2.26. The third-order valence-electron chi connectivity index (χ3n) is 4.74. The van der Waals surface area contributed by atoms with Crippen molar-refractivity contribution in [3.05, 3.63) is 60.3 Å². The maximum atomic E-state index is 11.0. The fourth-order valence-corrected chi connectivity index (χ4v) is 3.89. The SMILES string of the molecule is C=Cc1c(NC=O)cccc1C(=C)N(C)C(CSC)c1ccc(OC)c(OCC)n1. The third kappa shape index (κ3) is 5.16. The number of rotatable bonds is 12. The smallest absolute Gasteiger partial charge is 0.257 e. The van der Waals surface area contributed by atoms with Crippen molar-refractivity contribution in [2.75, 3.05) is 38.1 Å². The van der Waals surface area contributed by atoms with E-state index in [4.69, 9.17) is 14.5 Å². The number of benzene rings is 1. The van der Waals surface area contributed by atoms with Gasteiger partial charge in [0.05, 0.1) is 25.5 Å². The molecule has 30 heavy (non-hydrogen) atoms. The summed E-state index contributed by atoms with van der Waals surface area (Å²) in [6.07, 6.45) is 4.44. The van der Waals surface area contributed by atoms with Crippen molar-refractivity contribution in [3.63, 3.8) is 0 Å². The van der Waals surface area contributed by atoms with Crippen LogP contribution in [0, 0.1) is 0 Å². The summed E-state index contributed by atoms with van der Waals surface area (Å²) in [6, 6.07) is 9.47. The normalized spacial score (nSPS) is 11.3. The second-order valence-electron chi connectivity index (χ2n) is 6.44. The van der Waals surface area contributed by atoms with Crippen LogP contribution in [0.5, 0.6) is 11.6 Å². The summed E-state index contributed by atoms with van der Waals surface area (Å²) in [5.74, 6) is 1.88. The zero-order valence-electron chi connectivity index (χ0n) is 18.0. The van der Waals surface area contributed by atoms with Crippen molar-refractivity contribution >= 4 is 35.6 Å². The lowest BCUT2D eigenvalue weighted by atomic mass is 10.0. The molecular formula is C23H29N3O3S. The molecule has 1 atom stereocenters. The van der Waals surface area contributed by atoms with Gasteiger partial charge in [0.15, 0.2) is 5.75 Å². The van der Waals surface area contributed by atoms with E-state index in [1.807, 2.05) is 44.3 Å². The summed E-state index contributed by atoms with van der Waals surface area (Å²) >= 11 is 1.72. The molecule has 0 aliphatic rings. The molecule has 0 radical (unpaired) electrons. The molecule has 6 nitrogen and oxygen atoms in total. The molecule has 0 bridgehead atoms. The summed E-state index contributed by atoms with van der Waals surface area (Å²) < 4.78 is 11.0. The molecule has 1 aromatic heterocycles. The Morgan fingerprint density at radius 3 is 2.73 bits per heavy atom. The summed E-state index contributed by atoms with van der Waals surface area (Å²) in [7, 11) is 3.59. The van der Waals surface area contributed by atoms with Crippen LogP contribution in [0.2, 0.25) is 0 Å². The molecule has 1 amide bonds. The molecular weight excluding hydrogens is 398 g/mol. The second-order valence-corrected chi connectivity index (χ2v) is 7.35. The number of carbonyl (C=O) groups excluding carboxylic acids is 1. The van der Waals surface area contributed by atoms with E-state index in [9.17, 15) is 4.79 Å².